The van der Waals surface area contributed by atoms with Gasteiger partial charge in [-0.1, -0.05) is 12.1 Å². The first-order valence-electron chi connectivity index (χ1n) is 8.72. The van der Waals surface area contributed by atoms with Crippen LogP contribution in [0.4, 0.5) is 5.69 Å². The van der Waals surface area contributed by atoms with Crippen molar-refractivity contribution >= 4 is 40.1 Å². The molecule has 1 fully saturated rings. The highest BCUT2D eigenvalue weighted by Crippen LogP contribution is 2.23. The third kappa shape index (κ3) is 4.98. The van der Waals surface area contributed by atoms with E-state index in [0.29, 0.717) is 29.1 Å². The van der Waals surface area contributed by atoms with Crippen LogP contribution in [0.3, 0.4) is 0 Å². The Hall–Kier alpha value is -2.13. The van der Waals surface area contributed by atoms with Crippen LogP contribution in [-0.4, -0.2) is 38.2 Å². The van der Waals surface area contributed by atoms with E-state index in [0.717, 1.165) is 23.0 Å². The lowest BCUT2D eigenvalue weighted by atomic mass is 10.1. The number of carbonyl (C=O) groups is 2. The normalized spacial score (nSPS) is 16.0. The van der Waals surface area contributed by atoms with E-state index in [1.165, 1.54) is 0 Å². The molecular weight excluding hydrogens is 459 g/mol. The largest absolute Gasteiger partial charge is 0.496 e. The first-order valence-corrected chi connectivity index (χ1v) is 9.80. The Labute approximate surface area is 171 Å². The van der Waals surface area contributed by atoms with Gasteiger partial charge < -0.3 is 20.1 Å². The Kier molecular flexibility index (Phi) is 6.68. The molecule has 0 aromatic heterocycles. The van der Waals surface area contributed by atoms with E-state index < -0.39 is 0 Å². The molecule has 1 unspecified atom stereocenters. The number of anilines is 1. The highest BCUT2D eigenvalue weighted by molar-refractivity contribution is 14.1. The second kappa shape index (κ2) is 9.18. The van der Waals surface area contributed by atoms with Gasteiger partial charge in [0.25, 0.3) is 11.8 Å². The highest BCUT2D eigenvalue weighted by atomic mass is 127. The summed E-state index contributed by atoms with van der Waals surface area (Å²) in [4.78, 5) is 25.1. The summed E-state index contributed by atoms with van der Waals surface area (Å²) in [6, 6.07) is 12.1. The van der Waals surface area contributed by atoms with Crippen LogP contribution in [0, 0.1) is 3.57 Å². The standard InChI is InChI=1S/C20H21IN2O4/c1-26-18-9-8-13(11-16(18)21)19(24)23-17-7-3-2-6-15(17)20(25)22-12-14-5-4-10-27-14/h2-3,6-9,11,14H,4-5,10,12H2,1H3,(H,22,25)(H,23,24). The molecule has 7 heteroatoms. The van der Waals surface area contributed by atoms with Gasteiger partial charge in [0.1, 0.15) is 5.75 Å². The van der Waals surface area contributed by atoms with E-state index in [4.69, 9.17) is 9.47 Å². The predicted molar refractivity (Wildman–Crippen MR) is 111 cm³/mol. The number of ether oxygens (including phenoxy) is 2. The Balaban J connectivity index is 1.70. The summed E-state index contributed by atoms with van der Waals surface area (Å²) in [5.41, 5.74) is 1.39. The molecule has 0 spiro atoms. The summed E-state index contributed by atoms with van der Waals surface area (Å²) >= 11 is 2.12. The van der Waals surface area contributed by atoms with Gasteiger partial charge in [0.05, 0.1) is 28.0 Å². The molecule has 2 aromatic carbocycles. The molecular formula is C20H21IN2O4. The maximum atomic E-state index is 12.6. The Morgan fingerprint density at radius 1 is 1.22 bits per heavy atom. The summed E-state index contributed by atoms with van der Waals surface area (Å²) < 4.78 is 11.6. The number of para-hydroxylation sites is 1. The van der Waals surface area contributed by atoms with Gasteiger partial charge in [0, 0.05) is 18.7 Å². The molecule has 2 amide bonds. The average Bonchev–Trinajstić information content (AvgIpc) is 3.20. The molecule has 1 aliphatic rings. The number of hydrogen-bond donors (Lipinski definition) is 2. The number of amides is 2. The zero-order valence-corrected chi connectivity index (χ0v) is 17.1. The average molecular weight is 480 g/mol. The second-order valence-corrected chi connectivity index (χ2v) is 7.36. The molecule has 1 atom stereocenters. The van der Waals surface area contributed by atoms with Gasteiger partial charge in [-0.05, 0) is 65.8 Å². The number of carbonyl (C=O) groups excluding carboxylic acids is 2. The number of benzene rings is 2. The second-order valence-electron chi connectivity index (χ2n) is 6.19. The van der Waals surface area contributed by atoms with Gasteiger partial charge in [-0.25, -0.2) is 0 Å². The lowest BCUT2D eigenvalue weighted by molar-refractivity contribution is 0.0858. The minimum atomic E-state index is -0.282. The highest BCUT2D eigenvalue weighted by Gasteiger charge is 2.19. The van der Waals surface area contributed by atoms with E-state index in [1.807, 2.05) is 0 Å². The number of hydrogen-bond acceptors (Lipinski definition) is 4. The van der Waals surface area contributed by atoms with Gasteiger partial charge in [0.15, 0.2) is 0 Å². The van der Waals surface area contributed by atoms with Crippen LogP contribution in [0.15, 0.2) is 42.5 Å². The van der Waals surface area contributed by atoms with E-state index in [-0.39, 0.29) is 17.9 Å². The van der Waals surface area contributed by atoms with Crippen molar-refractivity contribution in [1.82, 2.24) is 5.32 Å². The van der Waals surface area contributed by atoms with Crippen LogP contribution in [0.25, 0.3) is 0 Å². The SMILES string of the molecule is COc1ccc(C(=O)Nc2ccccc2C(=O)NCC2CCCO2)cc1I. The molecule has 0 saturated carbocycles. The van der Waals surface area contributed by atoms with E-state index in [9.17, 15) is 9.59 Å². The minimum absolute atomic E-state index is 0.0667. The van der Waals surface area contributed by atoms with E-state index in [2.05, 4.69) is 33.2 Å². The fourth-order valence-electron chi connectivity index (χ4n) is 2.90. The van der Waals surface area contributed by atoms with Crippen LogP contribution in [0.2, 0.25) is 0 Å². The van der Waals surface area contributed by atoms with Crippen molar-refractivity contribution in [2.45, 2.75) is 18.9 Å². The van der Waals surface area contributed by atoms with Crippen molar-refractivity contribution in [3.05, 3.63) is 57.2 Å². The summed E-state index contributed by atoms with van der Waals surface area (Å²) in [5.74, 6) is 0.196. The van der Waals surface area contributed by atoms with Gasteiger partial charge in [0.2, 0.25) is 0 Å². The first kappa shape index (κ1) is 19.6. The van der Waals surface area contributed by atoms with Crippen LogP contribution in [0.1, 0.15) is 33.6 Å². The molecule has 1 heterocycles. The summed E-state index contributed by atoms with van der Waals surface area (Å²) in [5, 5.41) is 5.71. The van der Waals surface area contributed by atoms with Gasteiger partial charge in [-0.3, -0.25) is 9.59 Å². The lowest BCUT2D eigenvalue weighted by Crippen LogP contribution is -2.32. The van der Waals surface area contributed by atoms with E-state index in [1.54, 1.807) is 49.6 Å². The maximum absolute atomic E-state index is 12.6. The molecule has 3 rings (SSSR count). The van der Waals surface area contributed by atoms with Crippen molar-refractivity contribution in [2.75, 3.05) is 25.6 Å². The molecule has 0 aliphatic carbocycles. The number of methoxy groups -OCH3 is 1. The molecule has 142 valence electrons. The molecule has 0 radical (unpaired) electrons. The molecule has 27 heavy (non-hydrogen) atoms. The fourth-order valence-corrected chi connectivity index (χ4v) is 3.63. The Morgan fingerprint density at radius 2 is 2.04 bits per heavy atom. The quantitative estimate of drug-likeness (QED) is 0.622. The van der Waals surface area contributed by atoms with Crippen LogP contribution in [0.5, 0.6) is 5.75 Å². The molecule has 1 aliphatic heterocycles. The molecule has 1 saturated heterocycles. The topological polar surface area (TPSA) is 76.7 Å². The molecule has 6 nitrogen and oxygen atoms in total. The summed E-state index contributed by atoms with van der Waals surface area (Å²) in [6.07, 6.45) is 2.04. The predicted octanol–water partition coefficient (Wildman–Crippen LogP) is 3.46. The Bertz CT molecular complexity index is 834. The monoisotopic (exact) mass is 480 g/mol. The van der Waals surface area contributed by atoms with Gasteiger partial charge in [-0.15, -0.1) is 0 Å². The minimum Gasteiger partial charge on any atom is -0.496 e. The molecule has 2 N–H and O–H groups in total. The maximum Gasteiger partial charge on any atom is 0.255 e. The number of rotatable bonds is 6. The van der Waals surface area contributed by atoms with Crippen LogP contribution in [-0.2, 0) is 4.74 Å². The van der Waals surface area contributed by atoms with Crippen molar-refractivity contribution in [3.8, 4) is 5.75 Å². The van der Waals surface area contributed by atoms with Crippen LogP contribution >= 0.6 is 22.6 Å². The van der Waals surface area contributed by atoms with Gasteiger partial charge in [-0.2, -0.15) is 0 Å². The summed E-state index contributed by atoms with van der Waals surface area (Å²) in [6.45, 7) is 1.21. The van der Waals surface area contributed by atoms with Crippen molar-refractivity contribution in [2.24, 2.45) is 0 Å². The number of nitrogens with one attached hydrogen (secondary N) is 2. The Morgan fingerprint density at radius 3 is 2.74 bits per heavy atom. The zero-order chi connectivity index (χ0) is 19.2. The number of halogens is 1. The third-order valence-corrected chi connectivity index (χ3v) is 5.19. The smallest absolute Gasteiger partial charge is 0.255 e. The van der Waals surface area contributed by atoms with Crippen molar-refractivity contribution in [3.63, 3.8) is 0 Å². The third-order valence-electron chi connectivity index (χ3n) is 4.35. The van der Waals surface area contributed by atoms with E-state index >= 15 is 0 Å². The zero-order valence-electron chi connectivity index (χ0n) is 15.0. The van der Waals surface area contributed by atoms with Crippen molar-refractivity contribution < 1.29 is 19.1 Å². The summed E-state index contributed by atoms with van der Waals surface area (Å²) in [7, 11) is 1.59. The fraction of sp³-hybridized carbons (Fsp3) is 0.300. The van der Waals surface area contributed by atoms with Crippen molar-refractivity contribution in [1.29, 1.82) is 0 Å². The molecule has 2 aromatic rings. The van der Waals surface area contributed by atoms with Gasteiger partial charge >= 0.3 is 0 Å². The lowest BCUT2D eigenvalue weighted by Gasteiger charge is -2.14. The first-order chi connectivity index (χ1) is 13.1. The van der Waals surface area contributed by atoms with Crippen LogP contribution < -0.4 is 15.4 Å². The molecule has 0 bridgehead atoms.